The summed E-state index contributed by atoms with van der Waals surface area (Å²) < 4.78 is 9.35. The first-order valence-corrected chi connectivity index (χ1v) is 9.43. The van der Waals surface area contributed by atoms with Crippen LogP contribution in [0.15, 0.2) is 0 Å². The molecule has 0 spiro atoms. The van der Waals surface area contributed by atoms with Gasteiger partial charge in [0.05, 0.1) is 36.7 Å². The summed E-state index contributed by atoms with van der Waals surface area (Å²) in [6, 6.07) is -0.363. The molecule has 0 aliphatic heterocycles. The average Bonchev–Trinajstić information content (AvgIpc) is 2.93. The van der Waals surface area contributed by atoms with E-state index < -0.39 is 22.9 Å². The molecule has 0 heterocycles. The summed E-state index contributed by atoms with van der Waals surface area (Å²) in [5.41, 5.74) is -1.98. The number of amides is 1. The van der Waals surface area contributed by atoms with Crippen LogP contribution in [-0.2, 0) is 22.4 Å². The van der Waals surface area contributed by atoms with Crippen LogP contribution in [0, 0.1) is 16.7 Å². The van der Waals surface area contributed by atoms with E-state index in [0.29, 0.717) is 19.4 Å². The lowest BCUT2D eigenvalue weighted by Crippen LogP contribution is -2.53. The number of rotatable bonds is 7. The minimum atomic E-state index is -0.993. The first-order chi connectivity index (χ1) is 11.6. The van der Waals surface area contributed by atoms with Gasteiger partial charge in [-0.25, -0.2) is 4.89 Å². The fraction of sp³-hybridized carbons (Fsp3) is 0.882. The van der Waals surface area contributed by atoms with Gasteiger partial charge in [-0.3, -0.25) is 9.59 Å². The first kappa shape index (κ1) is 24.6. The number of aliphatic hydroxyl groups excluding tert-OH is 1. The topological polar surface area (TPSA) is 94.1 Å². The number of carbonyl (C=O) groups excluding carboxylic acids is 2. The lowest BCUT2D eigenvalue weighted by molar-refractivity contribution is -0.177. The van der Waals surface area contributed by atoms with Crippen molar-refractivity contribution in [2.45, 2.75) is 66.5 Å². The van der Waals surface area contributed by atoms with Crippen molar-refractivity contribution in [2.75, 3.05) is 13.7 Å². The Kier molecular flexibility index (Phi) is 10.4. The molecule has 0 bridgehead atoms. The fourth-order valence-electron chi connectivity index (χ4n) is 2.67. The molecule has 1 aliphatic carbocycles. The van der Waals surface area contributed by atoms with E-state index in [-0.39, 0.29) is 17.9 Å². The van der Waals surface area contributed by atoms with Gasteiger partial charge in [-0.05, 0) is 46.5 Å². The summed E-state index contributed by atoms with van der Waals surface area (Å²) in [6.45, 7) is 11.1. The molecule has 3 unspecified atom stereocenters. The third-order valence-electron chi connectivity index (χ3n) is 5.12. The number of methoxy groups -OCH3 is 1. The highest BCUT2D eigenvalue weighted by atomic mass is 127. The Morgan fingerprint density at radius 1 is 1.16 bits per heavy atom. The zero-order valence-corrected chi connectivity index (χ0v) is 18.4. The van der Waals surface area contributed by atoms with Gasteiger partial charge in [-0.15, -0.1) is 0 Å². The molecule has 3 atom stereocenters. The Morgan fingerprint density at radius 3 is 2.20 bits per heavy atom. The molecule has 1 rings (SSSR count). The molecular formula is C17H32INO6. The maximum atomic E-state index is 12.7. The first-order valence-electron chi connectivity index (χ1n) is 8.55. The van der Waals surface area contributed by atoms with Gasteiger partial charge in [0.1, 0.15) is 0 Å². The van der Waals surface area contributed by atoms with Crippen LogP contribution < -0.4 is 5.32 Å². The van der Waals surface area contributed by atoms with Gasteiger partial charge < -0.3 is 15.2 Å². The summed E-state index contributed by atoms with van der Waals surface area (Å²) in [4.78, 5) is 29.5. The number of hydrogen-bond donors (Lipinski definition) is 2. The Morgan fingerprint density at radius 2 is 1.72 bits per heavy atom. The molecule has 7 nitrogen and oxygen atoms in total. The SMILES string of the molecule is CC.COC(=O)C(C)(C)C(C)(C)C(=O)NC1CC(COOI)CC1O. The van der Waals surface area contributed by atoms with Crippen LogP contribution in [0.2, 0.25) is 0 Å². The second-order valence-corrected chi connectivity index (χ2v) is 7.43. The summed E-state index contributed by atoms with van der Waals surface area (Å²) in [5.74, 6) is -0.624. The molecule has 148 valence electrons. The molecule has 0 aromatic heterocycles. The maximum Gasteiger partial charge on any atom is 0.312 e. The summed E-state index contributed by atoms with van der Waals surface area (Å²) >= 11 is 1.63. The zero-order chi connectivity index (χ0) is 19.8. The molecule has 1 fully saturated rings. The number of esters is 1. The summed E-state index contributed by atoms with van der Waals surface area (Å²) in [6.07, 6.45) is 0.492. The van der Waals surface area contributed by atoms with E-state index in [9.17, 15) is 14.7 Å². The molecule has 1 saturated carbocycles. The van der Waals surface area contributed by atoms with Crippen molar-refractivity contribution in [3.8, 4) is 0 Å². The van der Waals surface area contributed by atoms with Gasteiger partial charge in [0.15, 0.2) is 23.0 Å². The third kappa shape index (κ3) is 6.04. The molecule has 0 saturated heterocycles. The lowest BCUT2D eigenvalue weighted by atomic mass is 9.67. The summed E-state index contributed by atoms with van der Waals surface area (Å²) in [5, 5.41) is 13.0. The van der Waals surface area contributed by atoms with Crippen LogP contribution in [0.1, 0.15) is 54.4 Å². The molecule has 8 heteroatoms. The van der Waals surface area contributed by atoms with Crippen LogP contribution >= 0.6 is 23.0 Å². The quantitative estimate of drug-likeness (QED) is 0.256. The van der Waals surface area contributed by atoms with Crippen molar-refractivity contribution >= 4 is 34.9 Å². The monoisotopic (exact) mass is 473 g/mol. The minimum absolute atomic E-state index is 0.113. The predicted molar refractivity (Wildman–Crippen MR) is 103 cm³/mol. The minimum Gasteiger partial charge on any atom is -0.469 e. The van der Waals surface area contributed by atoms with Crippen LogP contribution in [-0.4, -0.2) is 42.8 Å². The van der Waals surface area contributed by atoms with E-state index in [1.807, 2.05) is 13.8 Å². The number of carbonyl (C=O) groups is 2. The Labute approximate surface area is 164 Å². The van der Waals surface area contributed by atoms with Crippen molar-refractivity contribution < 1.29 is 27.5 Å². The van der Waals surface area contributed by atoms with E-state index in [1.54, 1.807) is 50.7 Å². The number of nitrogens with one attached hydrogen (secondary N) is 1. The second kappa shape index (κ2) is 10.6. The van der Waals surface area contributed by atoms with E-state index in [2.05, 4.69) is 8.53 Å². The molecule has 1 amide bonds. The normalized spacial score (nSPS) is 23.5. The third-order valence-corrected chi connectivity index (χ3v) is 5.37. The van der Waals surface area contributed by atoms with E-state index in [4.69, 9.17) is 9.62 Å². The predicted octanol–water partition coefficient (Wildman–Crippen LogP) is 2.79. The summed E-state index contributed by atoms with van der Waals surface area (Å²) in [7, 11) is 1.30. The smallest absolute Gasteiger partial charge is 0.312 e. The largest absolute Gasteiger partial charge is 0.469 e. The van der Waals surface area contributed by atoms with Gasteiger partial charge in [0, 0.05) is 0 Å². The van der Waals surface area contributed by atoms with Crippen molar-refractivity contribution in [2.24, 2.45) is 16.7 Å². The number of aliphatic hydroxyl groups is 1. The fourth-order valence-corrected chi connectivity index (χ4v) is 2.82. The van der Waals surface area contributed by atoms with E-state index >= 15 is 0 Å². The standard InChI is InChI=1S/C15H26INO6.C2H6/c1-14(2,15(3,4)13(20)21-5)12(19)17-10-6-9(7-11(10)18)8-22-23-16;1-2/h9-11,18H,6-8H2,1-5H3,(H,17,19);1-2H3. The molecule has 2 N–H and O–H groups in total. The lowest BCUT2D eigenvalue weighted by Gasteiger charge is -2.38. The number of halogens is 1. The van der Waals surface area contributed by atoms with Crippen molar-refractivity contribution in [1.29, 1.82) is 0 Å². The number of ether oxygens (including phenoxy) is 1. The molecule has 0 aromatic carbocycles. The molecule has 25 heavy (non-hydrogen) atoms. The highest BCUT2D eigenvalue weighted by Crippen LogP contribution is 2.40. The maximum absolute atomic E-state index is 12.7. The van der Waals surface area contributed by atoms with Crippen molar-refractivity contribution in [3.05, 3.63) is 0 Å². The van der Waals surface area contributed by atoms with Gasteiger partial charge >= 0.3 is 5.97 Å². The van der Waals surface area contributed by atoms with E-state index in [1.165, 1.54) is 7.11 Å². The number of hydrogen-bond acceptors (Lipinski definition) is 6. The second-order valence-electron chi connectivity index (χ2n) is 7.07. The van der Waals surface area contributed by atoms with Crippen LogP contribution in [0.25, 0.3) is 0 Å². The van der Waals surface area contributed by atoms with Gasteiger partial charge in [0.25, 0.3) is 0 Å². The van der Waals surface area contributed by atoms with Gasteiger partial charge in [-0.1, -0.05) is 13.8 Å². The van der Waals surface area contributed by atoms with Gasteiger partial charge in [-0.2, -0.15) is 3.22 Å². The Balaban J connectivity index is 0.00000277. The van der Waals surface area contributed by atoms with Crippen LogP contribution in [0.5, 0.6) is 0 Å². The Hall–Kier alpha value is -0.450. The highest BCUT2D eigenvalue weighted by Gasteiger charge is 2.50. The van der Waals surface area contributed by atoms with Crippen LogP contribution in [0.4, 0.5) is 0 Å². The van der Waals surface area contributed by atoms with Crippen molar-refractivity contribution in [1.82, 2.24) is 5.32 Å². The van der Waals surface area contributed by atoms with E-state index in [0.717, 1.165) is 0 Å². The van der Waals surface area contributed by atoms with Gasteiger partial charge in [0.2, 0.25) is 5.91 Å². The zero-order valence-electron chi connectivity index (χ0n) is 16.2. The van der Waals surface area contributed by atoms with Crippen molar-refractivity contribution in [3.63, 3.8) is 0 Å². The molecule has 0 radical (unpaired) electrons. The average molecular weight is 473 g/mol. The Bertz CT molecular complexity index is 441. The van der Waals surface area contributed by atoms with Crippen LogP contribution in [0.3, 0.4) is 0 Å². The highest BCUT2D eigenvalue weighted by molar-refractivity contribution is 14.1. The molecule has 0 aromatic rings. The molecule has 1 aliphatic rings. The molecular weight excluding hydrogens is 441 g/mol.